The highest BCUT2D eigenvalue weighted by Gasteiger charge is 2.19. The molecule has 0 radical (unpaired) electrons. The first-order valence-electron chi connectivity index (χ1n) is 5.57. The second-order valence-electron chi connectivity index (χ2n) is 4.45. The monoisotopic (exact) mass is 234 g/mol. The summed E-state index contributed by atoms with van der Waals surface area (Å²) in [6.07, 6.45) is 1.03. The van der Waals surface area contributed by atoms with Gasteiger partial charge < -0.3 is 20.4 Å². The Balaban J connectivity index is 4.10. The molecule has 5 nitrogen and oxygen atoms in total. The number of carbonyl (C=O) groups is 1. The standard InChI is InChI=1S/C11H22O5/c1-8(5-12)2-9(6-13)3-10(7-14)4-11(15)16/h8-10,12-14H,2-7H2,1H3,(H,15,16). The van der Waals surface area contributed by atoms with E-state index in [-0.39, 0.29) is 44.0 Å². The third-order valence-electron chi connectivity index (χ3n) is 2.69. The van der Waals surface area contributed by atoms with Gasteiger partial charge >= 0.3 is 5.97 Å². The average molecular weight is 234 g/mol. The zero-order valence-electron chi connectivity index (χ0n) is 9.67. The molecule has 0 aliphatic rings. The van der Waals surface area contributed by atoms with Crippen molar-refractivity contribution in [3.8, 4) is 0 Å². The summed E-state index contributed by atoms with van der Waals surface area (Å²) in [6, 6.07) is 0. The van der Waals surface area contributed by atoms with Crippen LogP contribution in [0.25, 0.3) is 0 Å². The molecule has 0 aromatic heterocycles. The predicted octanol–water partition coefficient (Wildman–Crippen LogP) is 0.0867. The maximum Gasteiger partial charge on any atom is 0.303 e. The SMILES string of the molecule is CC(CO)CC(CO)CC(CO)CC(=O)O. The zero-order chi connectivity index (χ0) is 12.6. The van der Waals surface area contributed by atoms with Gasteiger partial charge in [0.15, 0.2) is 0 Å². The maximum absolute atomic E-state index is 10.5. The van der Waals surface area contributed by atoms with Crippen LogP contribution in [-0.4, -0.2) is 46.2 Å². The summed E-state index contributed by atoms with van der Waals surface area (Å²) in [5.41, 5.74) is 0. The number of aliphatic hydroxyl groups excluding tert-OH is 3. The zero-order valence-corrected chi connectivity index (χ0v) is 9.67. The van der Waals surface area contributed by atoms with Crippen LogP contribution >= 0.6 is 0 Å². The smallest absolute Gasteiger partial charge is 0.303 e. The largest absolute Gasteiger partial charge is 0.481 e. The van der Waals surface area contributed by atoms with Crippen molar-refractivity contribution in [2.75, 3.05) is 19.8 Å². The van der Waals surface area contributed by atoms with Gasteiger partial charge in [0.25, 0.3) is 0 Å². The average Bonchev–Trinajstić information content (AvgIpc) is 2.25. The Hall–Kier alpha value is -0.650. The van der Waals surface area contributed by atoms with Gasteiger partial charge in [-0.25, -0.2) is 0 Å². The van der Waals surface area contributed by atoms with Gasteiger partial charge in [-0.05, 0) is 30.6 Å². The van der Waals surface area contributed by atoms with Crippen molar-refractivity contribution < 1.29 is 25.2 Å². The van der Waals surface area contributed by atoms with Gasteiger partial charge in [0, 0.05) is 19.8 Å². The third-order valence-corrected chi connectivity index (χ3v) is 2.69. The van der Waals surface area contributed by atoms with Crippen molar-refractivity contribution in [3.05, 3.63) is 0 Å². The third kappa shape index (κ3) is 6.76. The molecule has 0 aliphatic carbocycles. The minimum atomic E-state index is -0.939. The van der Waals surface area contributed by atoms with Crippen LogP contribution in [-0.2, 0) is 4.79 Å². The summed E-state index contributed by atoms with van der Waals surface area (Å²) < 4.78 is 0. The van der Waals surface area contributed by atoms with Gasteiger partial charge in [0.1, 0.15) is 0 Å². The van der Waals surface area contributed by atoms with Crippen molar-refractivity contribution >= 4 is 5.97 Å². The van der Waals surface area contributed by atoms with E-state index < -0.39 is 5.97 Å². The van der Waals surface area contributed by atoms with Crippen LogP contribution in [0.2, 0.25) is 0 Å². The first-order valence-corrected chi connectivity index (χ1v) is 5.57. The highest BCUT2D eigenvalue weighted by molar-refractivity contribution is 5.67. The number of hydrogen-bond donors (Lipinski definition) is 4. The van der Waals surface area contributed by atoms with Crippen molar-refractivity contribution in [2.24, 2.45) is 17.8 Å². The summed E-state index contributed by atoms with van der Waals surface area (Å²) in [4.78, 5) is 10.5. The van der Waals surface area contributed by atoms with Crippen LogP contribution < -0.4 is 0 Å². The van der Waals surface area contributed by atoms with Gasteiger partial charge in [-0.1, -0.05) is 6.92 Å². The molecular weight excluding hydrogens is 212 g/mol. The van der Waals surface area contributed by atoms with Crippen LogP contribution in [0.1, 0.15) is 26.2 Å². The Morgan fingerprint density at radius 1 is 1.00 bits per heavy atom. The maximum atomic E-state index is 10.5. The van der Waals surface area contributed by atoms with E-state index in [4.69, 9.17) is 20.4 Å². The van der Waals surface area contributed by atoms with E-state index in [1.807, 2.05) is 6.92 Å². The van der Waals surface area contributed by atoms with Gasteiger partial charge in [0.2, 0.25) is 0 Å². The van der Waals surface area contributed by atoms with E-state index in [1.54, 1.807) is 0 Å². The van der Waals surface area contributed by atoms with Crippen molar-refractivity contribution in [2.45, 2.75) is 26.2 Å². The number of hydrogen-bond acceptors (Lipinski definition) is 4. The van der Waals surface area contributed by atoms with Gasteiger partial charge in [-0.3, -0.25) is 4.79 Å². The molecule has 0 fully saturated rings. The number of aliphatic carboxylic acids is 1. The Bertz CT molecular complexity index is 195. The Kier molecular flexibility index (Phi) is 8.15. The van der Waals surface area contributed by atoms with Crippen molar-refractivity contribution in [3.63, 3.8) is 0 Å². The Labute approximate surface area is 95.7 Å². The molecule has 0 amide bonds. The van der Waals surface area contributed by atoms with Crippen LogP contribution in [0.4, 0.5) is 0 Å². The van der Waals surface area contributed by atoms with Gasteiger partial charge in [-0.2, -0.15) is 0 Å². The summed E-state index contributed by atoms with van der Waals surface area (Å²) in [6.45, 7) is 1.70. The normalized spacial score (nSPS) is 16.8. The first-order chi connectivity index (χ1) is 7.53. The molecule has 0 aromatic carbocycles. The predicted molar refractivity (Wildman–Crippen MR) is 58.9 cm³/mol. The highest BCUT2D eigenvalue weighted by atomic mass is 16.4. The second-order valence-corrected chi connectivity index (χ2v) is 4.45. The molecule has 0 spiro atoms. The molecule has 4 N–H and O–H groups in total. The second kappa shape index (κ2) is 8.50. The molecule has 5 heteroatoms. The molecule has 0 aliphatic heterocycles. The van der Waals surface area contributed by atoms with Crippen LogP contribution in [0.3, 0.4) is 0 Å². The van der Waals surface area contributed by atoms with E-state index in [0.717, 1.165) is 0 Å². The molecular formula is C11H22O5. The minimum Gasteiger partial charge on any atom is -0.481 e. The van der Waals surface area contributed by atoms with Crippen LogP contribution in [0, 0.1) is 17.8 Å². The molecule has 3 unspecified atom stereocenters. The summed E-state index contributed by atoms with van der Waals surface area (Å²) in [5, 5.41) is 35.7. The summed E-state index contributed by atoms with van der Waals surface area (Å²) >= 11 is 0. The van der Waals surface area contributed by atoms with Crippen LogP contribution in [0.5, 0.6) is 0 Å². The first kappa shape index (κ1) is 15.3. The van der Waals surface area contributed by atoms with Gasteiger partial charge in [0.05, 0.1) is 6.42 Å². The molecule has 0 bridgehead atoms. The molecule has 0 aromatic rings. The lowest BCUT2D eigenvalue weighted by molar-refractivity contribution is -0.138. The topological polar surface area (TPSA) is 98.0 Å². The summed E-state index contributed by atoms with van der Waals surface area (Å²) in [7, 11) is 0. The molecule has 0 rings (SSSR count). The van der Waals surface area contributed by atoms with E-state index in [1.165, 1.54) is 0 Å². The quantitative estimate of drug-likeness (QED) is 0.453. The fourth-order valence-electron chi connectivity index (χ4n) is 1.83. The number of rotatable bonds is 9. The molecule has 96 valence electrons. The number of aliphatic hydroxyl groups is 3. The molecule has 16 heavy (non-hydrogen) atoms. The van der Waals surface area contributed by atoms with E-state index in [0.29, 0.717) is 12.8 Å². The van der Waals surface area contributed by atoms with Crippen molar-refractivity contribution in [1.82, 2.24) is 0 Å². The lowest BCUT2D eigenvalue weighted by Crippen LogP contribution is -2.21. The van der Waals surface area contributed by atoms with E-state index in [2.05, 4.69) is 0 Å². The lowest BCUT2D eigenvalue weighted by Gasteiger charge is -2.21. The Morgan fingerprint density at radius 2 is 1.56 bits per heavy atom. The van der Waals surface area contributed by atoms with Gasteiger partial charge in [-0.15, -0.1) is 0 Å². The number of carboxylic acids is 1. The van der Waals surface area contributed by atoms with Crippen molar-refractivity contribution in [1.29, 1.82) is 0 Å². The molecule has 0 saturated carbocycles. The fraction of sp³-hybridized carbons (Fsp3) is 0.909. The number of carboxylic acid groups (broad SMARTS) is 1. The lowest BCUT2D eigenvalue weighted by atomic mass is 9.87. The van der Waals surface area contributed by atoms with E-state index in [9.17, 15) is 4.79 Å². The summed E-state index contributed by atoms with van der Waals surface area (Å²) in [5.74, 6) is -1.23. The molecule has 3 atom stereocenters. The highest BCUT2D eigenvalue weighted by Crippen LogP contribution is 2.21. The molecule has 0 saturated heterocycles. The van der Waals surface area contributed by atoms with Crippen LogP contribution in [0.15, 0.2) is 0 Å². The Morgan fingerprint density at radius 3 is 1.94 bits per heavy atom. The fourth-order valence-corrected chi connectivity index (χ4v) is 1.83. The van der Waals surface area contributed by atoms with E-state index >= 15 is 0 Å². The molecule has 0 heterocycles. The minimum absolute atomic E-state index is 0.0412.